The molecule has 6 heteroatoms. The third-order valence-electron chi connectivity index (χ3n) is 4.20. The van der Waals surface area contributed by atoms with E-state index in [-0.39, 0.29) is 24.0 Å². The van der Waals surface area contributed by atoms with E-state index < -0.39 is 0 Å². The first-order valence-corrected chi connectivity index (χ1v) is 8.25. The van der Waals surface area contributed by atoms with Gasteiger partial charge in [-0.25, -0.2) is 0 Å². The molecule has 2 rings (SSSR count). The van der Waals surface area contributed by atoms with Gasteiger partial charge in [0.25, 0.3) is 0 Å². The summed E-state index contributed by atoms with van der Waals surface area (Å²) in [5, 5.41) is 7.53. The van der Waals surface area contributed by atoms with E-state index in [1.807, 2.05) is 52.0 Å². The number of carbonyl (C=O) groups is 1. The topological polar surface area (TPSA) is 64.4 Å². The molecule has 0 aliphatic carbocycles. The van der Waals surface area contributed by atoms with Crippen LogP contribution in [0.15, 0.2) is 28.8 Å². The number of hydrogen-bond donors (Lipinski definition) is 1. The Balaban J connectivity index is 2.14. The van der Waals surface area contributed by atoms with Gasteiger partial charge in [0.1, 0.15) is 11.9 Å². The predicted molar refractivity (Wildman–Crippen MR) is 93.2 cm³/mol. The van der Waals surface area contributed by atoms with Gasteiger partial charge in [-0.15, -0.1) is 0 Å². The number of aryl methyl sites for hydroxylation is 2. The van der Waals surface area contributed by atoms with Gasteiger partial charge in [0.05, 0.1) is 17.7 Å². The molecule has 130 valence electrons. The van der Waals surface area contributed by atoms with Gasteiger partial charge in [0.15, 0.2) is 0 Å². The van der Waals surface area contributed by atoms with Crippen LogP contribution in [0.1, 0.15) is 48.5 Å². The van der Waals surface area contributed by atoms with E-state index in [9.17, 15) is 4.79 Å². The van der Waals surface area contributed by atoms with Crippen LogP contribution >= 0.6 is 11.6 Å². The molecular formula is C18H23ClN2O3. The van der Waals surface area contributed by atoms with E-state index in [1.54, 1.807) is 7.11 Å². The minimum atomic E-state index is -0.359. The maximum absolute atomic E-state index is 12.6. The Kier molecular flexibility index (Phi) is 6.02. The number of rotatable bonds is 6. The minimum Gasteiger partial charge on any atom is -0.375 e. The molecule has 3 atom stereocenters. The highest BCUT2D eigenvalue weighted by Crippen LogP contribution is 2.29. The highest BCUT2D eigenvalue weighted by molar-refractivity contribution is 6.31. The average Bonchev–Trinajstić information content (AvgIpc) is 2.88. The Hall–Kier alpha value is -1.85. The van der Waals surface area contributed by atoms with Crippen LogP contribution in [-0.2, 0) is 9.53 Å². The minimum absolute atomic E-state index is 0.106. The number of ether oxygens (including phenoxy) is 1. The third kappa shape index (κ3) is 3.79. The Bertz CT molecular complexity index is 695. The molecule has 0 saturated heterocycles. The van der Waals surface area contributed by atoms with Crippen molar-refractivity contribution in [1.82, 2.24) is 10.5 Å². The van der Waals surface area contributed by atoms with Gasteiger partial charge in [-0.1, -0.05) is 35.0 Å². The predicted octanol–water partition coefficient (Wildman–Crippen LogP) is 3.94. The van der Waals surface area contributed by atoms with Crippen molar-refractivity contribution in [3.8, 4) is 0 Å². The van der Waals surface area contributed by atoms with E-state index >= 15 is 0 Å². The van der Waals surface area contributed by atoms with Crippen molar-refractivity contribution in [2.24, 2.45) is 0 Å². The molecule has 1 aromatic carbocycles. The number of hydrogen-bond acceptors (Lipinski definition) is 4. The molecule has 24 heavy (non-hydrogen) atoms. The molecule has 0 aliphatic heterocycles. The second-order valence-corrected chi connectivity index (χ2v) is 6.34. The van der Waals surface area contributed by atoms with Crippen molar-refractivity contribution in [2.75, 3.05) is 7.11 Å². The van der Waals surface area contributed by atoms with Crippen LogP contribution in [0.5, 0.6) is 0 Å². The molecule has 0 saturated carbocycles. The van der Waals surface area contributed by atoms with E-state index in [0.717, 1.165) is 16.8 Å². The molecule has 0 radical (unpaired) electrons. The third-order valence-corrected chi connectivity index (χ3v) is 4.55. The van der Waals surface area contributed by atoms with Crippen molar-refractivity contribution in [2.45, 2.75) is 45.8 Å². The Morgan fingerprint density at radius 2 is 1.96 bits per heavy atom. The second-order valence-electron chi connectivity index (χ2n) is 5.93. The first kappa shape index (κ1) is 18.5. The van der Waals surface area contributed by atoms with Crippen LogP contribution in [0.4, 0.5) is 0 Å². The summed E-state index contributed by atoms with van der Waals surface area (Å²) in [7, 11) is 1.61. The fourth-order valence-corrected chi connectivity index (χ4v) is 3.21. The zero-order valence-corrected chi connectivity index (χ0v) is 15.3. The quantitative estimate of drug-likeness (QED) is 0.857. The SMILES string of the molecule is CO[C@H](c1ccccc1Cl)[C@@H](C)NC(=O)[C@@H](C)c1c(C)noc1C. The lowest BCUT2D eigenvalue weighted by Crippen LogP contribution is -2.40. The summed E-state index contributed by atoms with van der Waals surface area (Å²) in [5.74, 6) is 0.200. The van der Waals surface area contributed by atoms with Gasteiger partial charge < -0.3 is 14.6 Å². The summed E-state index contributed by atoms with van der Waals surface area (Å²) in [6.07, 6.45) is -0.334. The second kappa shape index (κ2) is 7.81. The van der Waals surface area contributed by atoms with Crippen LogP contribution in [0.2, 0.25) is 5.02 Å². The molecule has 0 unspecified atom stereocenters. The van der Waals surface area contributed by atoms with Crippen molar-refractivity contribution in [3.63, 3.8) is 0 Å². The summed E-state index contributed by atoms with van der Waals surface area (Å²) in [6, 6.07) is 7.22. The van der Waals surface area contributed by atoms with Crippen LogP contribution in [0.3, 0.4) is 0 Å². The molecule has 0 bridgehead atoms. The van der Waals surface area contributed by atoms with Crippen LogP contribution in [-0.4, -0.2) is 24.2 Å². The molecule has 1 N–H and O–H groups in total. The Morgan fingerprint density at radius 1 is 1.29 bits per heavy atom. The number of nitrogens with one attached hydrogen (secondary N) is 1. The Labute approximate surface area is 147 Å². The molecule has 0 aliphatic rings. The van der Waals surface area contributed by atoms with Crippen molar-refractivity contribution in [1.29, 1.82) is 0 Å². The summed E-state index contributed by atoms with van der Waals surface area (Å²) in [5.41, 5.74) is 2.41. The summed E-state index contributed by atoms with van der Waals surface area (Å²) in [6.45, 7) is 7.38. The van der Waals surface area contributed by atoms with Gasteiger partial charge in [-0.2, -0.15) is 0 Å². The molecule has 1 aromatic heterocycles. The lowest BCUT2D eigenvalue weighted by atomic mass is 9.97. The first-order chi connectivity index (χ1) is 11.4. The van der Waals surface area contributed by atoms with E-state index in [2.05, 4.69) is 10.5 Å². The number of benzene rings is 1. The van der Waals surface area contributed by atoms with E-state index in [1.165, 1.54) is 0 Å². The summed E-state index contributed by atoms with van der Waals surface area (Å²) in [4.78, 5) is 12.6. The van der Waals surface area contributed by atoms with E-state index in [4.69, 9.17) is 20.9 Å². The first-order valence-electron chi connectivity index (χ1n) is 7.87. The largest absolute Gasteiger partial charge is 0.375 e. The number of nitrogens with zero attached hydrogens (tertiary/aromatic N) is 1. The molecule has 1 heterocycles. The fourth-order valence-electron chi connectivity index (χ4n) is 2.97. The standard InChI is InChI=1S/C18H23ClN2O3/c1-10(16-11(2)21-24-13(16)4)18(22)20-12(3)17(23-5)14-8-6-7-9-15(14)19/h6-10,12,17H,1-5H3,(H,20,22)/t10-,12+,17-/m0/s1. The summed E-state index contributed by atoms with van der Waals surface area (Å²) < 4.78 is 10.7. The maximum Gasteiger partial charge on any atom is 0.227 e. The van der Waals surface area contributed by atoms with Gasteiger partial charge in [-0.05, 0) is 33.8 Å². The number of carbonyl (C=O) groups excluding carboxylic acids is 1. The molecule has 5 nitrogen and oxygen atoms in total. The summed E-state index contributed by atoms with van der Waals surface area (Å²) >= 11 is 6.25. The smallest absolute Gasteiger partial charge is 0.227 e. The number of amides is 1. The maximum atomic E-state index is 12.6. The van der Waals surface area contributed by atoms with Crippen molar-refractivity contribution >= 4 is 17.5 Å². The van der Waals surface area contributed by atoms with Crippen LogP contribution in [0, 0.1) is 13.8 Å². The monoisotopic (exact) mass is 350 g/mol. The average molecular weight is 351 g/mol. The Morgan fingerprint density at radius 3 is 2.50 bits per heavy atom. The lowest BCUT2D eigenvalue weighted by molar-refractivity contribution is -0.123. The molecule has 1 amide bonds. The molecular weight excluding hydrogens is 328 g/mol. The van der Waals surface area contributed by atoms with Gasteiger partial charge in [0.2, 0.25) is 5.91 Å². The van der Waals surface area contributed by atoms with Gasteiger partial charge in [0, 0.05) is 23.3 Å². The van der Waals surface area contributed by atoms with Crippen molar-refractivity contribution < 1.29 is 14.1 Å². The highest BCUT2D eigenvalue weighted by atomic mass is 35.5. The zero-order chi connectivity index (χ0) is 17.9. The van der Waals surface area contributed by atoms with Crippen molar-refractivity contribution in [3.05, 3.63) is 51.9 Å². The highest BCUT2D eigenvalue weighted by Gasteiger charge is 2.27. The number of methoxy groups -OCH3 is 1. The molecule has 0 spiro atoms. The zero-order valence-electron chi connectivity index (χ0n) is 14.6. The molecule has 2 aromatic rings. The fraction of sp³-hybridized carbons (Fsp3) is 0.444. The normalized spacial score (nSPS) is 14.9. The lowest BCUT2D eigenvalue weighted by Gasteiger charge is -2.26. The molecule has 0 fully saturated rings. The number of aromatic nitrogens is 1. The van der Waals surface area contributed by atoms with Crippen LogP contribution in [0.25, 0.3) is 0 Å². The number of halogens is 1. The van der Waals surface area contributed by atoms with E-state index in [0.29, 0.717) is 10.8 Å². The van der Waals surface area contributed by atoms with Gasteiger partial charge >= 0.3 is 0 Å². The van der Waals surface area contributed by atoms with Gasteiger partial charge in [-0.3, -0.25) is 4.79 Å². The van der Waals surface area contributed by atoms with Crippen LogP contribution < -0.4 is 5.32 Å².